The number of nitrogen functional groups attached to an aromatic ring is 1. The molecule has 4 N–H and O–H groups in total. The fourth-order valence-electron chi connectivity index (χ4n) is 0.463. The molecule has 0 aliphatic carbocycles. The molecule has 0 aliphatic heterocycles. The molecule has 1 aromatic heterocycles. The lowest BCUT2D eigenvalue weighted by Gasteiger charge is -2.06. The van der Waals surface area contributed by atoms with Crippen LogP contribution in [0.1, 0.15) is 0 Å². The number of nitrogens with one attached hydrogen (secondary N) is 1. The minimum atomic E-state index is -0.920. The summed E-state index contributed by atoms with van der Waals surface area (Å²) < 4.78 is 0. The van der Waals surface area contributed by atoms with Gasteiger partial charge in [-0.1, -0.05) is 11.3 Å². The quantitative estimate of drug-likeness (QED) is 0.371. The van der Waals surface area contributed by atoms with Gasteiger partial charge in [-0.05, 0) is 0 Å². The van der Waals surface area contributed by atoms with E-state index in [2.05, 4.69) is 0 Å². The largest absolute Gasteiger partial charge is 1.00 e. The van der Waals surface area contributed by atoms with Crippen molar-refractivity contribution in [1.82, 2.24) is 0 Å². The fourth-order valence-corrected chi connectivity index (χ4v) is 1.10. The van der Waals surface area contributed by atoms with E-state index in [0.29, 0.717) is 5.69 Å². The van der Waals surface area contributed by atoms with E-state index in [1.807, 2.05) is 0 Å². The van der Waals surface area contributed by atoms with Gasteiger partial charge in [0.25, 0.3) is 0 Å². The van der Waals surface area contributed by atoms with Gasteiger partial charge in [-0.25, -0.2) is 5.21 Å². The Morgan fingerprint density at radius 1 is 1.70 bits per heavy atom. The zero-order chi connectivity index (χ0) is 6.85. The molecule has 0 saturated heterocycles. The molecule has 0 radical (unpaired) electrons. The second kappa shape index (κ2) is 4.09. The maximum atomic E-state index is 10.2. The Hall–Kier alpha value is 0.110. The molecule has 0 amide bonds. The van der Waals surface area contributed by atoms with Crippen molar-refractivity contribution >= 4 is 22.0 Å². The van der Waals surface area contributed by atoms with E-state index in [9.17, 15) is 5.21 Å². The number of rotatable bonds is 1. The van der Waals surface area contributed by atoms with Crippen molar-refractivity contribution in [2.75, 3.05) is 5.73 Å². The van der Waals surface area contributed by atoms with Crippen molar-refractivity contribution in [3.8, 4) is 0 Å². The molecule has 10 heavy (non-hydrogen) atoms. The Balaban J connectivity index is 0.000000810. The summed E-state index contributed by atoms with van der Waals surface area (Å²) in [6.07, 6.45) is 0. The monoisotopic (exact) mass is 273 g/mol. The first-order valence-corrected chi connectivity index (χ1v) is 3.15. The van der Waals surface area contributed by atoms with Crippen LogP contribution in [-0.4, -0.2) is 5.21 Å². The molecule has 0 fully saturated rings. The van der Waals surface area contributed by atoms with E-state index in [1.165, 1.54) is 6.07 Å². The van der Waals surface area contributed by atoms with Gasteiger partial charge in [-0.2, -0.15) is 5.23 Å². The molecule has 4 nitrogen and oxygen atoms in total. The first-order valence-electron chi connectivity index (χ1n) is 2.27. The Morgan fingerprint density at radius 3 is 2.50 bits per heavy atom. The Labute approximate surface area is 78.8 Å². The zero-order valence-corrected chi connectivity index (χ0v) is 7.85. The van der Waals surface area contributed by atoms with Crippen LogP contribution >= 0.6 is 11.3 Å². The first kappa shape index (κ1) is 10.1. The SMILES string of the molecule is Nc1csc([NH+]([O-])O)c1.[I-]. The summed E-state index contributed by atoms with van der Waals surface area (Å²) in [5.74, 6) is 0. The van der Waals surface area contributed by atoms with Crippen molar-refractivity contribution in [1.29, 1.82) is 0 Å². The van der Waals surface area contributed by atoms with Gasteiger partial charge in [-0.15, -0.1) is 0 Å². The smallest absolute Gasteiger partial charge is 0.221 e. The first-order chi connectivity index (χ1) is 4.20. The summed E-state index contributed by atoms with van der Waals surface area (Å²) in [4.78, 5) is 0. The average Bonchev–Trinajstić information content (AvgIpc) is 2.14. The third kappa shape index (κ3) is 2.39. The molecule has 58 valence electrons. The van der Waals surface area contributed by atoms with Crippen molar-refractivity contribution in [3.05, 3.63) is 16.7 Å². The lowest BCUT2D eigenvalue weighted by atomic mass is 10.5. The van der Waals surface area contributed by atoms with Gasteiger partial charge >= 0.3 is 0 Å². The summed E-state index contributed by atoms with van der Waals surface area (Å²) >= 11 is 1.13. The van der Waals surface area contributed by atoms with Gasteiger partial charge in [-0.3, -0.25) is 0 Å². The van der Waals surface area contributed by atoms with Crippen LogP contribution in [0.25, 0.3) is 0 Å². The van der Waals surface area contributed by atoms with Gasteiger partial charge in [0, 0.05) is 17.1 Å². The normalized spacial score (nSPS) is 12.2. The summed E-state index contributed by atoms with van der Waals surface area (Å²) in [5, 5.41) is 19.5. The minimum Gasteiger partial charge on any atom is -1.00 e. The minimum absolute atomic E-state index is 0. The highest BCUT2D eigenvalue weighted by Crippen LogP contribution is 2.16. The number of halogens is 1. The number of anilines is 1. The van der Waals surface area contributed by atoms with Gasteiger partial charge in [0.05, 0.1) is 0 Å². The van der Waals surface area contributed by atoms with Crippen molar-refractivity contribution < 1.29 is 34.4 Å². The predicted octanol–water partition coefficient (Wildman–Crippen LogP) is -3.26. The van der Waals surface area contributed by atoms with E-state index < -0.39 is 5.23 Å². The molecule has 0 saturated carbocycles. The molecule has 0 aromatic carbocycles. The highest BCUT2D eigenvalue weighted by atomic mass is 127. The zero-order valence-electron chi connectivity index (χ0n) is 4.87. The summed E-state index contributed by atoms with van der Waals surface area (Å²) in [6.45, 7) is 0. The van der Waals surface area contributed by atoms with Gasteiger partial charge in [0.2, 0.25) is 5.00 Å². The van der Waals surface area contributed by atoms with Crippen LogP contribution < -0.4 is 34.9 Å². The topological polar surface area (TPSA) is 73.8 Å². The third-order valence-electron chi connectivity index (χ3n) is 0.831. The fraction of sp³-hybridized carbons (Fsp3) is 0. The summed E-state index contributed by atoms with van der Waals surface area (Å²) in [6, 6.07) is 1.44. The lowest BCUT2D eigenvalue weighted by molar-refractivity contribution is -0.989. The van der Waals surface area contributed by atoms with Gasteiger partial charge in [0.15, 0.2) is 0 Å². The summed E-state index contributed by atoms with van der Waals surface area (Å²) in [7, 11) is 0. The molecular weight excluding hydrogens is 267 g/mol. The highest BCUT2D eigenvalue weighted by molar-refractivity contribution is 7.13. The van der Waals surface area contributed by atoms with Gasteiger partial charge in [0.1, 0.15) is 0 Å². The highest BCUT2D eigenvalue weighted by Gasteiger charge is 2.00. The second-order valence-electron chi connectivity index (χ2n) is 1.55. The Kier molecular flexibility index (Phi) is 4.13. The van der Waals surface area contributed by atoms with E-state index in [1.54, 1.807) is 5.38 Å². The van der Waals surface area contributed by atoms with Crippen LogP contribution in [0.15, 0.2) is 11.4 Å². The number of quaternary nitrogens is 1. The van der Waals surface area contributed by atoms with Crippen molar-refractivity contribution in [2.24, 2.45) is 0 Å². The van der Waals surface area contributed by atoms with Gasteiger partial charge < -0.3 is 34.9 Å². The number of thiophene rings is 1. The lowest BCUT2D eigenvalue weighted by Crippen LogP contribution is -3.00. The van der Waals surface area contributed by atoms with Crippen LogP contribution in [-0.2, 0) is 0 Å². The second-order valence-corrected chi connectivity index (χ2v) is 2.46. The van der Waals surface area contributed by atoms with Crippen LogP contribution in [0.3, 0.4) is 0 Å². The maximum Gasteiger partial charge on any atom is 0.221 e. The molecule has 0 spiro atoms. The molecule has 0 aliphatic rings. The molecule has 1 rings (SSSR count). The standard InChI is InChI=1S/C4H6N2O2S.HI/c5-3-1-4(6(7)8)9-2-3;/h1-2,6-7H,5H2;1H/p-1. The molecule has 1 unspecified atom stereocenters. The molecule has 1 aromatic rings. The average molecular weight is 273 g/mol. The number of hydrogen-bond acceptors (Lipinski definition) is 4. The third-order valence-corrected chi connectivity index (χ3v) is 1.77. The van der Waals surface area contributed by atoms with Crippen LogP contribution in [0.5, 0.6) is 0 Å². The Bertz CT molecular complexity index is 203. The molecule has 0 bridgehead atoms. The molecule has 6 heteroatoms. The number of hydrogen-bond donors (Lipinski definition) is 3. The van der Waals surface area contributed by atoms with E-state index >= 15 is 0 Å². The molecule has 1 heterocycles. The van der Waals surface area contributed by atoms with Crippen molar-refractivity contribution in [3.63, 3.8) is 0 Å². The molecule has 1 atom stereocenters. The molecular formula is C4H6IN2O2S-. The van der Waals surface area contributed by atoms with Crippen LogP contribution in [0, 0.1) is 5.21 Å². The van der Waals surface area contributed by atoms with Crippen LogP contribution in [0.4, 0.5) is 10.7 Å². The Morgan fingerprint density at radius 2 is 2.30 bits per heavy atom. The van der Waals surface area contributed by atoms with E-state index in [-0.39, 0.29) is 29.0 Å². The predicted molar refractivity (Wildman–Crippen MR) is 34.5 cm³/mol. The van der Waals surface area contributed by atoms with E-state index in [0.717, 1.165) is 11.3 Å². The number of nitrogens with two attached hydrogens (primary N) is 1. The van der Waals surface area contributed by atoms with Crippen LogP contribution in [0.2, 0.25) is 0 Å². The summed E-state index contributed by atoms with van der Waals surface area (Å²) in [5.41, 5.74) is 5.77. The maximum absolute atomic E-state index is 10.2. The van der Waals surface area contributed by atoms with Crippen molar-refractivity contribution in [2.45, 2.75) is 0 Å². The van der Waals surface area contributed by atoms with E-state index in [4.69, 9.17) is 10.9 Å².